The minimum absolute atomic E-state index is 0.132. The molecule has 4 heteroatoms. The molecule has 0 aromatic heterocycles. The highest BCUT2D eigenvalue weighted by Gasteiger charge is 2.36. The number of aliphatic hydroxyl groups is 1. The normalized spacial score (nSPS) is 33.8. The number of hydrogen-bond donors (Lipinski definition) is 1. The number of ether oxygens (including phenoxy) is 1. The molecule has 0 amide bonds. The Balaban J connectivity index is 1.94. The maximum absolute atomic E-state index is 9.82. The second-order valence-electron chi connectivity index (χ2n) is 5.35. The van der Waals surface area contributed by atoms with Crippen molar-refractivity contribution in [3.63, 3.8) is 0 Å². The summed E-state index contributed by atoms with van der Waals surface area (Å²) in [5, 5.41) is 9.82. The SMILES string of the molecule is CN(C)CC1CC(O)CN1C1CCOCC1. The van der Waals surface area contributed by atoms with Gasteiger partial charge in [0.1, 0.15) is 0 Å². The van der Waals surface area contributed by atoms with E-state index in [0.29, 0.717) is 12.1 Å². The summed E-state index contributed by atoms with van der Waals surface area (Å²) in [5.74, 6) is 0. The summed E-state index contributed by atoms with van der Waals surface area (Å²) in [5.41, 5.74) is 0. The van der Waals surface area contributed by atoms with Crippen molar-refractivity contribution < 1.29 is 9.84 Å². The van der Waals surface area contributed by atoms with Gasteiger partial charge in [-0.05, 0) is 33.4 Å². The van der Waals surface area contributed by atoms with Gasteiger partial charge in [0.05, 0.1) is 6.10 Å². The number of likely N-dealkylation sites (N-methyl/N-ethyl adjacent to an activating group) is 1. The molecule has 2 saturated heterocycles. The van der Waals surface area contributed by atoms with Gasteiger partial charge in [0, 0.05) is 38.4 Å². The van der Waals surface area contributed by atoms with Gasteiger partial charge in [-0.1, -0.05) is 0 Å². The van der Waals surface area contributed by atoms with E-state index in [9.17, 15) is 5.11 Å². The Hall–Kier alpha value is -0.160. The molecule has 1 N–H and O–H groups in total. The number of β-amino-alcohol motifs (C(OH)–C–C–N with tert-alkyl or cyclic N) is 1. The quantitative estimate of drug-likeness (QED) is 0.746. The molecule has 2 fully saturated rings. The summed E-state index contributed by atoms with van der Waals surface area (Å²) in [6, 6.07) is 1.14. The molecule has 2 aliphatic heterocycles. The third-order valence-corrected chi connectivity index (χ3v) is 3.67. The zero-order chi connectivity index (χ0) is 11.5. The summed E-state index contributed by atoms with van der Waals surface area (Å²) in [6.45, 7) is 3.66. The highest BCUT2D eigenvalue weighted by atomic mass is 16.5. The molecule has 0 radical (unpaired) electrons. The van der Waals surface area contributed by atoms with Gasteiger partial charge < -0.3 is 14.7 Å². The molecule has 0 saturated carbocycles. The molecule has 2 aliphatic rings. The van der Waals surface area contributed by atoms with Gasteiger partial charge in [0.15, 0.2) is 0 Å². The van der Waals surface area contributed by atoms with Crippen LogP contribution in [0.4, 0.5) is 0 Å². The van der Waals surface area contributed by atoms with Gasteiger partial charge in [0.2, 0.25) is 0 Å². The second-order valence-corrected chi connectivity index (χ2v) is 5.35. The molecule has 2 unspecified atom stereocenters. The Kier molecular flexibility index (Phi) is 4.19. The predicted octanol–water partition coefficient (Wildman–Crippen LogP) is 0.162. The van der Waals surface area contributed by atoms with Crippen molar-refractivity contribution in [2.75, 3.05) is 40.4 Å². The monoisotopic (exact) mass is 228 g/mol. The maximum atomic E-state index is 9.82. The first-order chi connectivity index (χ1) is 7.66. The minimum atomic E-state index is -0.132. The van der Waals surface area contributed by atoms with E-state index in [-0.39, 0.29) is 6.10 Å². The molecule has 0 aliphatic carbocycles. The van der Waals surface area contributed by atoms with Crippen LogP contribution < -0.4 is 0 Å². The smallest absolute Gasteiger partial charge is 0.0682 e. The van der Waals surface area contributed by atoms with E-state index in [0.717, 1.165) is 45.6 Å². The van der Waals surface area contributed by atoms with E-state index in [1.807, 2.05) is 0 Å². The molecule has 0 bridgehead atoms. The third-order valence-electron chi connectivity index (χ3n) is 3.67. The number of rotatable bonds is 3. The van der Waals surface area contributed by atoms with Gasteiger partial charge in [-0.25, -0.2) is 0 Å². The fourth-order valence-corrected chi connectivity index (χ4v) is 2.98. The van der Waals surface area contributed by atoms with Gasteiger partial charge in [-0.2, -0.15) is 0 Å². The minimum Gasteiger partial charge on any atom is -0.392 e. The van der Waals surface area contributed by atoms with E-state index in [1.165, 1.54) is 0 Å². The first kappa shape index (κ1) is 12.3. The van der Waals surface area contributed by atoms with Crippen LogP contribution in [0.25, 0.3) is 0 Å². The van der Waals surface area contributed by atoms with E-state index >= 15 is 0 Å². The summed E-state index contributed by atoms with van der Waals surface area (Å²) in [6.07, 6.45) is 3.04. The molecule has 16 heavy (non-hydrogen) atoms. The highest BCUT2D eigenvalue weighted by Crippen LogP contribution is 2.25. The van der Waals surface area contributed by atoms with Gasteiger partial charge in [-0.15, -0.1) is 0 Å². The van der Waals surface area contributed by atoms with Crippen LogP contribution in [0.2, 0.25) is 0 Å². The first-order valence-electron chi connectivity index (χ1n) is 6.33. The summed E-state index contributed by atoms with van der Waals surface area (Å²) in [7, 11) is 4.21. The Morgan fingerprint density at radius 1 is 1.31 bits per heavy atom. The summed E-state index contributed by atoms with van der Waals surface area (Å²) in [4.78, 5) is 4.72. The van der Waals surface area contributed by atoms with E-state index in [4.69, 9.17) is 4.74 Å². The van der Waals surface area contributed by atoms with Crippen molar-refractivity contribution in [2.45, 2.75) is 37.5 Å². The Labute approximate surface area is 98.2 Å². The van der Waals surface area contributed by atoms with Gasteiger partial charge in [0.25, 0.3) is 0 Å². The largest absolute Gasteiger partial charge is 0.392 e. The van der Waals surface area contributed by atoms with Gasteiger partial charge in [-0.3, -0.25) is 4.90 Å². The Morgan fingerprint density at radius 3 is 2.62 bits per heavy atom. The number of aliphatic hydroxyl groups excluding tert-OH is 1. The lowest BCUT2D eigenvalue weighted by Crippen LogP contribution is -2.46. The van der Waals surface area contributed by atoms with E-state index < -0.39 is 0 Å². The van der Waals surface area contributed by atoms with Crippen molar-refractivity contribution >= 4 is 0 Å². The molecule has 0 aromatic rings. The molecular weight excluding hydrogens is 204 g/mol. The predicted molar refractivity (Wildman–Crippen MR) is 63.5 cm³/mol. The van der Waals surface area contributed by atoms with Crippen molar-refractivity contribution in [1.82, 2.24) is 9.80 Å². The standard InChI is InChI=1S/C12H24N2O2/c1-13(2)8-11-7-12(15)9-14(11)10-3-5-16-6-4-10/h10-12,15H,3-9H2,1-2H3. The van der Waals surface area contributed by atoms with Crippen LogP contribution in [0.15, 0.2) is 0 Å². The van der Waals surface area contributed by atoms with Gasteiger partial charge >= 0.3 is 0 Å². The number of nitrogens with zero attached hydrogens (tertiary/aromatic N) is 2. The molecular formula is C12H24N2O2. The van der Waals surface area contributed by atoms with Crippen LogP contribution in [0.3, 0.4) is 0 Å². The van der Waals surface area contributed by atoms with Crippen LogP contribution in [-0.4, -0.2) is 73.5 Å². The lowest BCUT2D eigenvalue weighted by atomic mass is 10.1. The second kappa shape index (κ2) is 5.45. The zero-order valence-corrected chi connectivity index (χ0v) is 10.4. The number of likely N-dealkylation sites (tertiary alicyclic amines) is 1. The van der Waals surface area contributed by atoms with Crippen LogP contribution in [0.1, 0.15) is 19.3 Å². The van der Waals surface area contributed by atoms with Crippen LogP contribution in [-0.2, 0) is 4.74 Å². The van der Waals surface area contributed by atoms with Crippen molar-refractivity contribution in [3.05, 3.63) is 0 Å². The Morgan fingerprint density at radius 2 is 2.00 bits per heavy atom. The molecule has 2 heterocycles. The maximum Gasteiger partial charge on any atom is 0.0682 e. The van der Waals surface area contributed by atoms with E-state index in [2.05, 4.69) is 23.9 Å². The highest BCUT2D eigenvalue weighted by molar-refractivity contribution is 4.91. The van der Waals surface area contributed by atoms with E-state index in [1.54, 1.807) is 0 Å². The van der Waals surface area contributed by atoms with Crippen molar-refractivity contribution in [2.24, 2.45) is 0 Å². The zero-order valence-electron chi connectivity index (χ0n) is 10.4. The lowest BCUT2D eigenvalue weighted by Gasteiger charge is -2.36. The average molecular weight is 228 g/mol. The number of hydrogen-bond acceptors (Lipinski definition) is 4. The average Bonchev–Trinajstić information content (AvgIpc) is 2.60. The molecule has 94 valence electrons. The summed E-state index contributed by atoms with van der Waals surface area (Å²) >= 11 is 0. The lowest BCUT2D eigenvalue weighted by molar-refractivity contribution is 0.0228. The third kappa shape index (κ3) is 2.94. The summed E-state index contributed by atoms with van der Waals surface area (Å²) < 4.78 is 5.40. The Bertz CT molecular complexity index is 217. The molecule has 2 atom stereocenters. The molecule has 4 nitrogen and oxygen atoms in total. The van der Waals surface area contributed by atoms with Crippen LogP contribution in [0, 0.1) is 0 Å². The van der Waals surface area contributed by atoms with Crippen LogP contribution in [0.5, 0.6) is 0 Å². The first-order valence-corrected chi connectivity index (χ1v) is 6.33. The van der Waals surface area contributed by atoms with Crippen LogP contribution >= 0.6 is 0 Å². The molecule has 0 spiro atoms. The fraction of sp³-hybridized carbons (Fsp3) is 1.00. The van der Waals surface area contributed by atoms with Crippen molar-refractivity contribution in [1.29, 1.82) is 0 Å². The fourth-order valence-electron chi connectivity index (χ4n) is 2.98. The topological polar surface area (TPSA) is 35.9 Å². The molecule has 0 aromatic carbocycles. The van der Waals surface area contributed by atoms with Crippen molar-refractivity contribution in [3.8, 4) is 0 Å². The molecule has 2 rings (SSSR count).